The van der Waals surface area contributed by atoms with Crippen molar-refractivity contribution < 1.29 is 14.0 Å². The molecule has 0 saturated heterocycles. The highest BCUT2D eigenvalue weighted by Crippen LogP contribution is 2.26. The van der Waals surface area contributed by atoms with Gasteiger partial charge in [-0.05, 0) is 31.5 Å². The maximum absolute atomic E-state index is 10.9. The molecule has 0 amide bonds. The van der Waals surface area contributed by atoms with Crippen molar-refractivity contribution in [1.82, 2.24) is 0 Å². The van der Waals surface area contributed by atoms with Crippen LogP contribution < -0.4 is 0 Å². The van der Waals surface area contributed by atoms with Crippen LogP contribution in [0.15, 0.2) is 12.7 Å². The van der Waals surface area contributed by atoms with Crippen molar-refractivity contribution in [3.63, 3.8) is 0 Å². The minimum atomic E-state index is -1.52. The Bertz CT molecular complexity index is 235. The third-order valence-electron chi connectivity index (χ3n) is 3.24. The third kappa shape index (κ3) is 6.96. The van der Waals surface area contributed by atoms with E-state index in [0.717, 1.165) is 19.4 Å². The van der Waals surface area contributed by atoms with Gasteiger partial charge in [-0.2, -0.15) is 0 Å². The second-order valence-corrected chi connectivity index (χ2v) is 8.91. The Hall–Kier alpha value is -0.613. The van der Waals surface area contributed by atoms with Gasteiger partial charge in [0, 0.05) is 12.7 Å². The van der Waals surface area contributed by atoms with E-state index >= 15 is 0 Å². The van der Waals surface area contributed by atoms with Crippen LogP contribution in [0.25, 0.3) is 0 Å². The Labute approximate surface area is 113 Å². The summed E-state index contributed by atoms with van der Waals surface area (Å²) in [6.07, 6.45) is 4.42. The average Bonchev–Trinajstić information content (AvgIpc) is 2.38. The van der Waals surface area contributed by atoms with E-state index in [4.69, 9.17) is 9.16 Å². The highest BCUT2D eigenvalue weighted by atomic mass is 28.4. The van der Waals surface area contributed by atoms with Crippen molar-refractivity contribution in [2.24, 2.45) is 0 Å². The lowest BCUT2D eigenvalue weighted by Crippen LogP contribution is -2.37. The first-order valence-corrected chi connectivity index (χ1v) is 9.60. The van der Waals surface area contributed by atoms with Crippen molar-refractivity contribution in [3.05, 3.63) is 12.7 Å². The molecule has 0 aromatic rings. The first kappa shape index (κ1) is 17.4. The molecule has 106 valence electrons. The molecule has 18 heavy (non-hydrogen) atoms. The van der Waals surface area contributed by atoms with Crippen LogP contribution in [0, 0.1) is 0 Å². The summed E-state index contributed by atoms with van der Waals surface area (Å²) in [6.45, 7) is 11.2. The van der Waals surface area contributed by atoms with E-state index in [0.29, 0.717) is 6.61 Å². The zero-order chi connectivity index (χ0) is 13.9. The molecular formula is C14H28O3Si. The van der Waals surface area contributed by atoms with E-state index in [1.165, 1.54) is 30.6 Å². The van der Waals surface area contributed by atoms with Crippen molar-refractivity contribution in [2.45, 2.75) is 58.2 Å². The lowest BCUT2D eigenvalue weighted by atomic mass is 10.3. The van der Waals surface area contributed by atoms with Gasteiger partial charge in [0.05, 0.1) is 6.61 Å². The number of hydrogen-bond donors (Lipinski definition) is 0. The summed E-state index contributed by atoms with van der Waals surface area (Å²) in [7, 11) is -1.52. The average molecular weight is 272 g/mol. The summed E-state index contributed by atoms with van der Waals surface area (Å²) in [5.41, 5.74) is 0. The Morgan fingerprint density at radius 3 is 2.44 bits per heavy atom. The van der Waals surface area contributed by atoms with Gasteiger partial charge in [-0.15, -0.1) is 0 Å². The monoisotopic (exact) mass is 272 g/mol. The minimum Gasteiger partial charge on any atom is -0.463 e. The highest BCUT2D eigenvalue weighted by molar-refractivity contribution is 6.73. The SMILES string of the molecule is C=CC(=O)OCCCC[Si](CC)(CCC)OCC. The summed E-state index contributed by atoms with van der Waals surface area (Å²) >= 11 is 0. The fourth-order valence-electron chi connectivity index (χ4n) is 2.27. The smallest absolute Gasteiger partial charge is 0.330 e. The van der Waals surface area contributed by atoms with Crippen molar-refractivity contribution in [1.29, 1.82) is 0 Å². The molecule has 0 saturated carbocycles. The predicted molar refractivity (Wildman–Crippen MR) is 78.2 cm³/mol. The number of ether oxygens (including phenoxy) is 1. The van der Waals surface area contributed by atoms with Gasteiger partial charge in [-0.3, -0.25) is 0 Å². The molecule has 0 N–H and O–H groups in total. The zero-order valence-electron chi connectivity index (χ0n) is 12.2. The molecule has 0 aromatic heterocycles. The van der Waals surface area contributed by atoms with Crippen LogP contribution >= 0.6 is 0 Å². The summed E-state index contributed by atoms with van der Waals surface area (Å²) in [5, 5.41) is 0. The van der Waals surface area contributed by atoms with Gasteiger partial charge in [-0.25, -0.2) is 4.79 Å². The Kier molecular flexibility index (Phi) is 9.97. The Morgan fingerprint density at radius 2 is 1.94 bits per heavy atom. The lowest BCUT2D eigenvalue weighted by Gasteiger charge is -2.29. The molecule has 3 nitrogen and oxygen atoms in total. The number of carbonyl (C=O) groups is 1. The largest absolute Gasteiger partial charge is 0.463 e. The number of esters is 1. The van der Waals surface area contributed by atoms with Crippen LogP contribution in [0.3, 0.4) is 0 Å². The van der Waals surface area contributed by atoms with Crippen molar-refractivity contribution >= 4 is 14.3 Å². The Morgan fingerprint density at radius 1 is 1.22 bits per heavy atom. The molecule has 0 aliphatic heterocycles. The van der Waals surface area contributed by atoms with Crippen LogP contribution in [0.5, 0.6) is 0 Å². The van der Waals surface area contributed by atoms with E-state index in [2.05, 4.69) is 27.4 Å². The molecule has 1 atom stereocenters. The van der Waals surface area contributed by atoms with Crippen LogP contribution in [-0.4, -0.2) is 27.5 Å². The van der Waals surface area contributed by atoms with Crippen LogP contribution in [0.4, 0.5) is 0 Å². The summed E-state index contributed by atoms with van der Waals surface area (Å²) in [4.78, 5) is 10.9. The molecule has 0 aliphatic rings. The van der Waals surface area contributed by atoms with E-state index < -0.39 is 8.32 Å². The molecule has 1 unspecified atom stereocenters. The summed E-state index contributed by atoms with van der Waals surface area (Å²) in [5.74, 6) is -0.327. The van der Waals surface area contributed by atoms with Gasteiger partial charge < -0.3 is 9.16 Å². The van der Waals surface area contributed by atoms with Gasteiger partial charge >= 0.3 is 5.97 Å². The van der Waals surface area contributed by atoms with Gasteiger partial charge in [0.1, 0.15) is 0 Å². The lowest BCUT2D eigenvalue weighted by molar-refractivity contribution is -0.137. The molecule has 0 heterocycles. The summed E-state index contributed by atoms with van der Waals surface area (Å²) in [6, 6.07) is 3.60. The van der Waals surface area contributed by atoms with E-state index in [1.807, 2.05) is 0 Å². The van der Waals surface area contributed by atoms with Crippen LogP contribution in [-0.2, 0) is 14.0 Å². The molecule has 0 rings (SSSR count). The quantitative estimate of drug-likeness (QED) is 0.248. The van der Waals surface area contributed by atoms with E-state index in [-0.39, 0.29) is 5.97 Å². The molecule has 0 bridgehead atoms. The number of carbonyl (C=O) groups excluding carboxylic acids is 1. The zero-order valence-corrected chi connectivity index (χ0v) is 13.2. The van der Waals surface area contributed by atoms with Crippen LogP contribution in [0.1, 0.15) is 40.0 Å². The Balaban J connectivity index is 3.95. The van der Waals surface area contributed by atoms with Crippen molar-refractivity contribution in [2.75, 3.05) is 13.2 Å². The van der Waals surface area contributed by atoms with Crippen LogP contribution in [0.2, 0.25) is 18.1 Å². The maximum atomic E-state index is 10.9. The number of rotatable bonds is 11. The first-order valence-electron chi connectivity index (χ1n) is 7.07. The second kappa shape index (κ2) is 10.3. The second-order valence-electron chi connectivity index (χ2n) is 4.55. The number of hydrogen-bond acceptors (Lipinski definition) is 3. The first-order chi connectivity index (χ1) is 8.64. The predicted octanol–water partition coefficient (Wildman–Crippen LogP) is 3.91. The summed E-state index contributed by atoms with van der Waals surface area (Å²) < 4.78 is 11.1. The standard InChI is InChI=1S/C14H28O3Si/c1-5-12-18(8-4,17-7-3)13-10-9-11-16-14(15)6-2/h6H,2,5,7-13H2,1,3-4H3. The fourth-order valence-corrected chi connectivity index (χ4v) is 6.14. The molecule has 0 fully saturated rings. The third-order valence-corrected chi connectivity index (χ3v) is 8.10. The molecule has 4 heteroatoms. The fraction of sp³-hybridized carbons (Fsp3) is 0.786. The molecule has 0 spiro atoms. The number of unbranched alkanes of at least 4 members (excludes halogenated alkanes) is 1. The van der Waals surface area contributed by atoms with Crippen molar-refractivity contribution in [3.8, 4) is 0 Å². The van der Waals surface area contributed by atoms with E-state index in [9.17, 15) is 4.79 Å². The van der Waals surface area contributed by atoms with Gasteiger partial charge in [0.15, 0.2) is 8.32 Å². The topological polar surface area (TPSA) is 35.5 Å². The molecule has 0 radical (unpaired) electrons. The van der Waals surface area contributed by atoms with E-state index in [1.54, 1.807) is 0 Å². The van der Waals surface area contributed by atoms with Gasteiger partial charge in [0.25, 0.3) is 0 Å². The van der Waals surface area contributed by atoms with Gasteiger partial charge in [-0.1, -0.05) is 33.3 Å². The van der Waals surface area contributed by atoms with Gasteiger partial charge in [0.2, 0.25) is 0 Å². The molecule has 0 aromatic carbocycles. The highest BCUT2D eigenvalue weighted by Gasteiger charge is 2.30. The molecular weight excluding hydrogens is 244 g/mol. The minimum absolute atomic E-state index is 0.327. The normalized spacial score (nSPS) is 13.9. The maximum Gasteiger partial charge on any atom is 0.330 e. The molecule has 0 aliphatic carbocycles.